The van der Waals surface area contributed by atoms with Crippen molar-refractivity contribution in [3.63, 3.8) is 0 Å². The van der Waals surface area contributed by atoms with Gasteiger partial charge in [0.15, 0.2) is 9.02 Å². The third-order valence-electron chi connectivity index (χ3n) is 1.37. The van der Waals surface area contributed by atoms with E-state index in [4.69, 9.17) is 0 Å². The maximum Gasteiger partial charge on any atom is 0.227 e. The molecule has 8 heteroatoms. The molecule has 0 aliphatic heterocycles. The highest BCUT2D eigenvalue weighted by Gasteiger charge is 2.01. The smallest absolute Gasteiger partial charge is 0.227 e. The van der Waals surface area contributed by atoms with Crippen molar-refractivity contribution in [2.75, 3.05) is 0 Å². The van der Waals surface area contributed by atoms with Gasteiger partial charge in [0.25, 0.3) is 0 Å². The molecule has 0 heterocycles. The van der Waals surface area contributed by atoms with E-state index in [1.165, 1.54) is 0 Å². The third kappa shape index (κ3) is 1.70. The lowest BCUT2D eigenvalue weighted by molar-refractivity contribution is 0.621. The van der Waals surface area contributed by atoms with Crippen LogP contribution in [0.4, 0.5) is 0 Å². The predicted molar refractivity (Wildman–Crippen MR) is 45.7 cm³/mol. The Labute approximate surface area is 79.5 Å². The van der Waals surface area contributed by atoms with Gasteiger partial charge in [-0.3, -0.25) is 9.59 Å². The van der Waals surface area contributed by atoms with E-state index < -0.39 is 40.5 Å². The van der Waals surface area contributed by atoms with Gasteiger partial charge in [-0.25, -0.2) is 0 Å². The normalized spacial score (nSPS) is 9.71. The Morgan fingerprint density at radius 1 is 0.714 bits per heavy atom. The molecule has 0 radical (unpaired) electrons. The van der Waals surface area contributed by atoms with Crippen molar-refractivity contribution >= 4 is 20.6 Å². The molecular formula is C6H2O6S2. The van der Waals surface area contributed by atoms with Gasteiger partial charge in [-0.1, -0.05) is 0 Å². The summed E-state index contributed by atoms with van der Waals surface area (Å²) in [4.78, 5) is 21.9. The average molecular weight is 234 g/mol. The van der Waals surface area contributed by atoms with Gasteiger partial charge < -0.3 is 0 Å². The molecule has 1 rings (SSSR count). The molecule has 14 heavy (non-hydrogen) atoms. The molecule has 0 aromatic heterocycles. The Morgan fingerprint density at radius 3 is 1.21 bits per heavy atom. The first-order chi connectivity index (χ1) is 6.45. The molecule has 0 atom stereocenters. The Hall–Kier alpha value is -1.54. The lowest BCUT2D eigenvalue weighted by atomic mass is 10.3. The van der Waals surface area contributed by atoms with Gasteiger partial charge in [-0.2, -0.15) is 16.8 Å². The standard InChI is InChI=1S/C6H2O6S2/c7-3-1-2-4(8)6(14(11)12)5(3)13(9)10/h1-2H. The van der Waals surface area contributed by atoms with E-state index in [0.29, 0.717) is 12.1 Å². The summed E-state index contributed by atoms with van der Waals surface area (Å²) in [5.41, 5.74) is -2.03. The zero-order chi connectivity index (χ0) is 10.9. The molecule has 0 unspecified atom stereocenters. The summed E-state index contributed by atoms with van der Waals surface area (Å²) in [6.45, 7) is 0. The maximum atomic E-state index is 10.9. The maximum absolute atomic E-state index is 10.9. The van der Waals surface area contributed by atoms with E-state index >= 15 is 0 Å². The summed E-state index contributed by atoms with van der Waals surface area (Å²) in [6.07, 6.45) is 0. The average Bonchev–Trinajstić information content (AvgIpc) is 2.07. The molecule has 0 fully saturated rings. The molecule has 0 amide bonds. The van der Waals surface area contributed by atoms with E-state index in [2.05, 4.69) is 0 Å². The number of rotatable bonds is 0. The lowest BCUT2D eigenvalue weighted by Crippen LogP contribution is -2.12. The minimum Gasteiger partial charge on any atom is -0.288 e. The fourth-order valence-corrected chi connectivity index (χ4v) is 2.22. The van der Waals surface area contributed by atoms with E-state index in [1.54, 1.807) is 0 Å². The zero-order valence-electron chi connectivity index (χ0n) is 6.42. The van der Waals surface area contributed by atoms with Crippen LogP contribution in [0.25, 0.3) is 0 Å². The van der Waals surface area contributed by atoms with Crippen molar-refractivity contribution in [1.82, 2.24) is 0 Å². The third-order valence-corrected chi connectivity index (χ3v) is 2.98. The van der Waals surface area contributed by atoms with Crippen LogP contribution < -0.4 is 10.9 Å². The van der Waals surface area contributed by atoms with E-state index in [-0.39, 0.29) is 0 Å². The van der Waals surface area contributed by atoms with Crippen LogP contribution in [-0.2, 0) is 20.6 Å². The van der Waals surface area contributed by atoms with E-state index in [0.717, 1.165) is 0 Å². The molecule has 0 bridgehead atoms. The van der Waals surface area contributed by atoms with Crippen LogP contribution in [0.3, 0.4) is 0 Å². The SMILES string of the molecule is O=c1ccc(=O)c(=S(=O)=O)c1=S(=O)=O. The minimum atomic E-state index is -3.04. The van der Waals surface area contributed by atoms with Crippen LogP contribution in [0.15, 0.2) is 21.7 Å². The zero-order valence-corrected chi connectivity index (χ0v) is 8.05. The Bertz CT molecular complexity index is 715. The monoisotopic (exact) mass is 234 g/mol. The molecular weight excluding hydrogens is 232 g/mol. The van der Waals surface area contributed by atoms with Crippen LogP contribution in [-0.4, -0.2) is 16.8 Å². The van der Waals surface area contributed by atoms with Gasteiger partial charge >= 0.3 is 0 Å². The van der Waals surface area contributed by atoms with Gasteiger partial charge in [0.1, 0.15) is 0 Å². The first-order valence-electron chi connectivity index (χ1n) is 3.14. The second kappa shape index (κ2) is 3.68. The molecule has 0 N–H and O–H groups in total. The van der Waals surface area contributed by atoms with Crippen molar-refractivity contribution in [2.45, 2.75) is 0 Å². The van der Waals surface area contributed by atoms with Crippen LogP contribution in [0, 0.1) is 9.02 Å². The number of hydrogen-bond acceptors (Lipinski definition) is 6. The van der Waals surface area contributed by atoms with E-state index in [9.17, 15) is 26.4 Å². The van der Waals surface area contributed by atoms with Gasteiger partial charge in [-0.05, 0) is 12.1 Å². The first kappa shape index (κ1) is 10.5. The molecule has 1 aromatic rings. The molecule has 0 spiro atoms. The molecule has 0 saturated carbocycles. The van der Waals surface area contributed by atoms with Crippen molar-refractivity contribution in [1.29, 1.82) is 0 Å². The highest BCUT2D eigenvalue weighted by molar-refractivity contribution is 7.66. The summed E-state index contributed by atoms with van der Waals surface area (Å²) >= 11 is 0. The van der Waals surface area contributed by atoms with Crippen LogP contribution in [0.5, 0.6) is 0 Å². The molecule has 0 aliphatic carbocycles. The molecule has 1 aromatic carbocycles. The molecule has 0 saturated heterocycles. The molecule has 74 valence electrons. The second-order valence-electron chi connectivity index (χ2n) is 2.19. The number of benzene rings is 1. The van der Waals surface area contributed by atoms with Gasteiger partial charge in [0, 0.05) is 0 Å². The molecule has 6 nitrogen and oxygen atoms in total. The Morgan fingerprint density at radius 2 is 1.00 bits per heavy atom. The van der Waals surface area contributed by atoms with E-state index in [1.807, 2.05) is 0 Å². The van der Waals surface area contributed by atoms with Crippen LogP contribution in [0.2, 0.25) is 0 Å². The summed E-state index contributed by atoms with van der Waals surface area (Å²) in [7, 11) is -6.08. The van der Waals surface area contributed by atoms with Gasteiger partial charge in [0.2, 0.25) is 31.4 Å². The first-order valence-corrected chi connectivity index (χ1v) is 5.29. The summed E-state index contributed by atoms with van der Waals surface area (Å²) < 4.78 is 39.9. The Kier molecular flexibility index (Phi) is 2.77. The minimum absolute atomic E-state index is 0.712. The summed E-state index contributed by atoms with van der Waals surface area (Å²) in [6, 6.07) is 1.42. The second-order valence-corrected chi connectivity index (χ2v) is 3.94. The highest BCUT2D eigenvalue weighted by atomic mass is 32.2. The summed E-state index contributed by atoms with van der Waals surface area (Å²) in [5, 5.41) is 0. The fraction of sp³-hybridized carbons (Fsp3) is 0. The quantitative estimate of drug-likeness (QED) is 0.486. The highest BCUT2D eigenvalue weighted by Crippen LogP contribution is 1.77. The van der Waals surface area contributed by atoms with Crippen LogP contribution in [0.1, 0.15) is 0 Å². The van der Waals surface area contributed by atoms with Gasteiger partial charge in [0.05, 0.1) is 0 Å². The van der Waals surface area contributed by atoms with Crippen molar-refractivity contribution in [3.05, 3.63) is 41.6 Å². The van der Waals surface area contributed by atoms with Gasteiger partial charge in [-0.15, -0.1) is 0 Å². The van der Waals surface area contributed by atoms with Crippen molar-refractivity contribution < 1.29 is 16.8 Å². The largest absolute Gasteiger partial charge is 0.288 e. The fourth-order valence-electron chi connectivity index (χ4n) is 0.842. The Balaban J connectivity index is 4.78. The number of hydrogen-bond donors (Lipinski definition) is 0. The lowest BCUT2D eigenvalue weighted by Gasteiger charge is -1.76. The topological polar surface area (TPSA) is 102 Å². The summed E-state index contributed by atoms with van der Waals surface area (Å²) in [5.74, 6) is 0. The van der Waals surface area contributed by atoms with Crippen LogP contribution >= 0.6 is 0 Å². The van der Waals surface area contributed by atoms with Crippen molar-refractivity contribution in [3.8, 4) is 0 Å². The van der Waals surface area contributed by atoms with Crippen molar-refractivity contribution in [2.24, 2.45) is 0 Å². The predicted octanol–water partition coefficient (Wildman–Crippen LogP) is -1.90. The molecule has 0 aliphatic rings.